The van der Waals surface area contributed by atoms with Crippen molar-refractivity contribution in [3.8, 4) is 0 Å². The first-order valence-corrected chi connectivity index (χ1v) is 3.52. The number of fused-ring (bicyclic) bond motifs is 2. The smallest absolute Gasteiger partial charge is 0.151 e. The number of carbonyl (C=O) groups excluding carboxylic acids is 1. The van der Waals surface area contributed by atoms with Crippen molar-refractivity contribution >= 4 is 18.2 Å². The maximum Gasteiger partial charge on any atom is 0.151 e. The van der Waals surface area contributed by atoms with Crippen LogP contribution in [0.3, 0.4) is 0 Å². The molecular weight excluding hydrogens is 150 g/mol. The molecule has 0 N–H and O–H groups in total. The first-order chi connectivity index (χ1) is 4.27. The van der Waals surface area contributed by atoms with Gasteiger partial charge in [0.05, 0.1) is 6.54 Å². The van der Waals surface area contributed by atoms with Gasteiger partial charge in [0.25, 0.3) is 0 Å². The van der Waals surface area contributed by atoms with E-state index in [1.54, 1.807) is 0 Å². The van der Waals surface area contributed by atoms with Crippen molar-refractivity contribution in [2.24, 2.45) is 11.8 Å². The van der Waals surface area contributed by atoms with Crippen LogP contribution in [0.25, 0.3) is 0 Å². The van der Waals surface area contributed by atoms with Gasteiger partial charge in [-0.1, -0.05) is 6.92 Å². The maximum atomic E-state index is 11.0. The fourth-order valence-corrected chi connectivity index (χ4v) is 1.95. The summed E-state index contributed by atoms with van der Waals surface area (Å²) in [5.74, 6) is 1.49. The quantitative estimate of drug-likeness (QED) is 0.518. The van der Waals surface area contributed by atoms with Crippen molar-refractivity contribution in [1.29, 1.82) is 0 Å². The molecule has 2 heterocycles. The number of ketones is 1. The third-order valence-electron chi connectivity index (χ3n) is 2.48. The number of Topliss-reactive ketones (excluding diaryl/α,β-unsaturated/α-hetero) is 1. The third-order valence-corrected chi connectivity index (χ3v) is 2.48. The van der Waals surface area contributed by atoms with E-state index in [2.05, 4.69) is 11.8 Å². The molecular formula is C7H12ClNO. The molecule has 2 bridgehead atoms. The van der Waals surface area contributed by atoms with Gasteiger partial charge in [-0.2, -0.15) is 0 Å². The van der Waals surface area contributed by atoms with E-state index < -0.39 is 0 Å². The second-order valence-electron chi connectivity index (χ2n) is 3.24. The summed E-state index contributed by atoms with van der Waals surface area (Å²) >= 11 is 0. The van der Waals surface area contributed by atoms with Crippen molar-refractivity contribution in [2.75, 3.05) is 19.6 Å². The molecule has 3 unspecified atom stereocenters. The van der Waals surface area contributed by atoms with Crippen molar-refractivity contribution in [3.05, 3.63) is 0 Å². The maximum absolute atomic E-state index is 11.0. The Labute approximate surface area is 67.0 Å². The van der Waals surface area contributed by atoms with Gasteiger partial charge < -0.3 is 0 Å². The van der Waals surface area contributed by atoms with Crippen LogP contribution in [0.5, 0.6) is 0 Å². The molecule has 0 aromatic rings. The number of halogens is 1. The zero-order chi connectivity index (χ0) is 6.43. The monoisotopic (exact) mass is 161 g/mol. The molecule has 0 radical (unpaired) electrons. The van der Waals surface area contributed by atoms with E-state index in [1.807, 2.05) is 0 Å². The standard InChI is InChI=1S/C7H11NO.ClH/c1-5-2-8-3-6(5)7(9)4-8;/h5-6H,2-4H2,1H3;1H. The van der Waals surface area contributed by atoms with Crippen LogP contribution in [0, 0.1) is 11.8 Å². The predicted molar refractivity (Wildman–Crippen MR) is 41.3 cm³/mol. The molecule has 10 heavy (non-hydrogen) atoms. The second-order valence-corrected chi connectivity index (χ2v) is 3.24. The van der Waals surface area contributed by atoms with Gasteiger partial charge in [-0.05, 0) is 5.92 Å². The van der Waals surface area contributed by atoms with Crippen LogP contribution in [0.1, 0.15) is 6.92 Å². The number of carbonyl (C=O) groups is 1. The highest BCUT2D eigenvalue weighted by Crippen LogP contribution is 2.29. The molecule has 2 fully saturated rings. The summed E-state index contributed by atoms with van der Waals surface area (Å²) in [6.45, 7) is 5.09. The van der Waals surface area contributed by atoms with Crippen LogP contribution in [0.4, 0.5) is 0 Å². The highest BCUT2D eigenvalue weighted by atomic mass is 35.5. The molecule has 2 rings (SSSR count). The number of rotatable bonds is 0. The van der Waals surface area contributed by atoms with Gasteiger partial charge in [-0.3, -0.25) is 9.69 Å². The van der Waals surface area contributed by atoms with Gasteiger partial charge in [-0.25, -0.2) is 0 Å². The van der Waals surface area contributed by atoms with Gasteiger partial charge >= 0.3 is 0 Å². The molecule has 3 heteroatoms. The zero-order valence-electron chi connectivity index (χ0n) is 6.04. The lowest BCUT2D eigenvalue weighted by molar-refractivity contribution is -0.122. The average molecular weight is 162 g/mol. The molecule has 58 valence electrons. The average Bonchev–Trinajstić information content (AvgIpc) is 2.22. The van der Waals surface area contributed by atoms with Crippen molar-refractivity contribution in [1.82, 2.24) is 4.90 Å². The minimum Gasteiger partial charge on any atom is -0.298 e. The fourth-order valence-electron chi connectivity index (χ4n) is 1.95. The SMILES string of the molecule is CC1CN2CC(=O)C1C2.Cl. The van der Waals surface area contributed by atoms with E-state index in [4.69, 9.17) is 0 Å². The van der Waals surface area contributed by atoms with Gasteiger partial charge in [0.15, 0.2) is 5.78 Å². The Hall–Kier alpha value is -0.0800. The summed E-state index contributed by atoms with van der Waals surface area (Å²) in [6, 6.07) is 0. The lowest BCUT2D eigenvalue weighted by Crippen LogP contribution is -2.28. The van der Waals surface area contributed by atoms with Crippen molar-refractivity contribution in [3.63, 3.8) is 0 Å². The number of nitrogens with zero attached hydrogens (tertiary/aromatic N) is 1. The highest BCUT2D eigenvalue weighted by Gasteiger charge is 2.41. The number of hydrogen-bond acceptors (Lipinski definition) is 2. The van der Waals surface area contributed by atoms with Crippen LogP contribution in [-0.2, 0) is 4.79 Å². The van der Waals surface area contributed by atoms with Gasteiger partial charge in [-0.15, -0.1) is 12.4 Å². The van der Waals surface area contributed by atoms with Crippen LogP contribution < -0.4 is 0 Å². The second kappa shape index (κ2) is 2.51. The zero-order valence-corrected chi connectivity index (χ0v) is 6.86. The summed E-state index contributed by atoms with van der Waals surface area (Å²) < 4.78 is 0. The van der Waals surface area contributed by atoms with Gasteiger partial charge in [0.2, 0.25) is 0 Å². The Kier molecular flexibility index (Phi) is 2.02. The molecule has 2 aliphatic heterocycles. The predicted octanol–water partition coefficient (Wildman–Crippen LogP) is 0.559. The van der Waals surface area contributed by atoms with Crippen molar-refractivity contribution < 1.29 is 4.79 Å². The topological polar surface area (TPSA) is 20.3 Å². The Morgan fingerprint density at radius 1 is 1.50 bits per heavy atom. The Morgan fingerprint density at radius 3 is 2.50 bits per heavy atom. The third kappa shape index (κ3) is 0.956. The highest BCUT2D eigenvalue weighted by molar-refractivity contribution is 5.86. The summed E-state index contributed by atoms with van der Waals surface area (Å²) in [5.41, 5.74) is 0. The van der Waals surface area contributed by atoms with Gasteiger partial charge in [0.1, 0.15) is 0 Å². The van der Waals surface area contributed by atoms with E-state index in [9.17, 15) is 4.79 Å². The van der Waals surface area contributed by atoms with E-state index >= 15 is 0 Å². The molecule has 3 atom stereocenters. The molecule has 2 nitrogen and oxygen atoms in total. The summed E-state index contributed by atoms with van der Waals surface area (Å²) in [7, 11) is 0. The van der Waals surface area contributed by atoms with E-state index in [0.717, 1.165) is 19.6 Å². The van der Waals surface area contributed by atoms with Crippen LogP contribution in [0.15, 0.2) is 0 Å². The fraction of sp³-hybridized carbons (Fsp3) is 0.857. The Balaban J connectivity index is 0.000000500. The van der Waals surface area contributed by atoms with Crippen LogP contribution in [0.2, 0.25) is 0 Å². The largest absolute Gasteiger partial charge is 0.298 e. The molecule has 0 aromatic carbocycles. The molecule has 2 aliphatic rings. The normalized spacial score (nSPS) is 43.7. The Morgan fingerprint density at radius 2 is 2.20 bits per heavy atom. The molecule has 2 saturated heterocycles. The first-order valence-electron chi connectivity index (χ1n) is 3.52. The Bertz CT molecular complexity index is 160. The van der Waals surface area contributed by atoms with Crippen molar-refractivity contribution in [2.45, 2.75) is 6.92 Å². The molecule has 0 aliphatic carbocycles. The number of piperidine rings is 1. The molecule has 0 aromatic heterocycles. The lowest BCUT2D eigenvalue weighted by atomic mass is 9.94. The van der Waals surface area contributed by atoms with Gasteiger partial charge in [0, 0.05) is 19.0 Å². The van der Waals surface area contributed by atoms with E-state index in [0.29, 0.717) is 17.6 Å². The van der Waals surface area contributed by atoms with E-state index in [1.165, 1.54) is 0 Å². The summed E-state index contributed by atoms with van der Waals surface area (Å²) in [5, 5.41) is 0. The summed E-state index contributed by atoms with van der Waals surface area (Å²) in [6.07, 6.45) is 0. The molecule has 0 amide bonds. The minimum atomic E-state index is 0. The molecule has 0 spiro atoms. The summed E-state index contributed by atoms with van der Waals surface area (Å²) in [4.78, 5) is 13.3. The lowest BCUT2D eigenvalue weighted by Gasteiger charge is -2.15. The number of hydrogen-bond donors (Lipinski definition) is 0. The minimum absolute atomic E-state index is 0. The van der Waals surface area contributed by atoms with E-state index in [-0.39, 0.29) is 12.4 Å². The first kappa shape index (κ1) is 8.02. The van der Waals surface area contributed by atoms with Crippen LogP contribution >= 0.6 is 12.4 Å². The van der Waals surface area contributed by atoms with Crippen LogP contribution in [-0.4, -0.2) is 30.3 Å². The molecule has 0 saturated carbocycles.